The number of halogens is 2. The van der Waals surface area contributed by atoms with E-state index in [-0.39, 0.29) is 17.7 Å². The number of carbonyl (C=O) groups is 1. The SMILES string of the molecule is CCOC(=O)C1=C(C)N=c2s/c(=C/c3c(OCc4ccc(Cl)cc4)ccc4ccccc34)c(=O)n2[C@H]1c1cc(OC)c(OCC)cc1Br. The van der Waals surface area contributed by atoms with Crippen molar-refractivity contribution in [1.29, 1.82) is 0 Å². The molecule has 4 aromatic carbocycles. The molecule has 11 heteroatoms. The molecular formula is C37H32BrClN2O6S. The molecule has 2 heterocycles. The number of thiazole rings is 1. The number of nitrogens with zero attached hydrogens (tertiary/aromatic N) is 2. The van der Waals surface area contributed by atoms with Crippen molar-refractivity contribution < 1.29 is 23.7 Å². The van der Waals surface area contributed by atoms with Crippen LogP contribution in [0.15, 0.2) is 98.3 Å². The Morgan fingerprint density at radius 1 is 1.00 bits per heavy atom. The van der Waals surface area contributed by atoms with Crippen molar-refractivity contribution in [2.24, 2.45) is 4.99 Å². The van der Waals surface area contributed by atoms with Crippen LogP contribution in [0.1, 0.15) is 43.5 Å². The van der Waals surface area contributed by atoms with Gasteiger partial charge in [0.05, 0.1) is 42.2 Å². The Morgan fingerprint density at radius 3 is 2.50 bits per heavy atom. The first-order valence-corrected chi connectivity index (χ1v) is 17.3. The summed E-state index contributed by atoms with van der Waals surface area (Å²) in [6.45, 7) is 6.29. The van der Waals surface area contributed by atoms with Gasteiger partial charge < -0.3 is 18.9 Å². The van der Waals surface area contributed by atoms with Crippen molar-refractivity contribution >= 4 is 61.7 Å². The molecule has 5 aromatic rings. The van der Waals surface area contributed by atoms with Crippen molar-refractivity contribution in [1.82, 2.24) is 4.57 Å². The van der Waals surface area contributed by atoms with Gasteiger partial charge in [-0.25, -0.2) is 9.79 Å². The first-order valence-electron chi connectivity index (χ1n) is 15.3. The van der Waals surface area contributed by atoms with E-state index in [4.69, 9.17) is 35.5 Å². The van der Waals surface area contributed by atoms with Gasteiger partial charge in [-0.2, -0.15) is 0 Å². The zero-order valence-electron chi connectivity index (χ0n) is 26.7. The topological polar surface area (TPSA) is 88.4 Å². The molecule has 1 aromatic heterocycles. The number of rotatable bonds is 10. The summed E-state index contributed by atoms with van der Waals surface area (Å²) in [4.78, 5) is 33.2. The fraction of sp³-hybridized carbons (Fsp3) is 0.216. The van der Waals surface area contributed by atoms with Gasteiger partial charge in [0.1, 0.15) is 12.4 Å². The molecule has 0 N–H and O–H groups in total. The molecule has 246 valence electrons. The summed E-state index contributed by atoms with van der Waals surface area (Å²) < 4.78 is 25.9. The molecule has 0 fully saturated rings. The van der Waals surface area contributed by atoms with Crippen molar-refractivity contribution in [2.45, 2.75) is 33.4 Å². The van der Waals surface area contributed by atoms with Crippen molar-refractivity contribution in [3.8, 4) is 17.2 Å². The lowest BCUT2D eigenvalue weighted by Crippen LogP contribution is -2.40. The van der Waals surface area contributed by atoms with E-state index in [1.807, 2.05) is 73.7 Å². The normalized spacial score (nSPS) is 14.5. The number of allylic oxidation sites excluding steroid dienone is 1. The number of hydrogen-bond donors (Lipinski definition) is 0. The minimum Gasteiger partial charge on any atom is -0.493 e. The van der Waals surface area contributed by atoms with Gasteiger partial charge in [0.15, 0.2) is 16.3 Å². The minimum atomic E-state index is -0.852. The lowest BCUT2D eigenvalue weighted by molar-refractivity contribution is -0.139. The van der Waals surface area contributed by atoms with E-state index >= 15 is 0 Å². The molecule has 1 aliphatic heterocycles. The van der Waals surface area contributed by atoms with Crippen LogP contribution in [-0.2, 0) is 16.1 Å². The summed E-state index contributed by atoms with van der Waals surface area (Å²) in [6, 6.07) is 22.0. The Labute approximate surface area is 294 Å². The van der Waals surface area contributed by atoms with Crippen molar-refractivity contribution in [2.75, 3.05) is 20.3 Å². The molecule has 0 spiro atoms. The van der Waals surface area contributed by atoms with Crippen LogP contribution in [0.2, 0.25) is 5.02 Å². The Bertz CT molecular complexity index is 2240. The quantitative estimate of drug-likeness (QED) is 0.139. The van der Waals surface area contributed by atoms with Crippen LogP contribution in [0.5, 0.6) is 17.2 Å². The number of esters is 1. The van der Waals surface area contributed by atoms with Crippen LogP contribution in [-0.4, -0.2) is 30.9 Å². The average Bonchev–Trinajstić information content (AvgIpc) is 3.38. The predicted molar refractivity (Wildman–Crippen MR) is 192 cm³/mol. The minimum absolute atomic E-state index is 0.167. The summed E-state index contributed by atoms with van der Waals surface area (Å²) in [5.41, 5.74) is 2.75. The molecule has 6 rings (SSSR count). The molecule has 0 aliphatic carbocycles. The van der Waals surface area contributed by atoms with E-state index in [2.05, 4.69) is 15.9 Å². The van der Waals surface area contributed by atoms with E-state index < -0.39 is 12.0 Å². The van der Waals surface area contributed by atoms with E-state index in [0.29, 0.717) is 60.6 Å². The second kappa shape index (κ2) is 14.4. The summed E-state index contributed by atoms with van der Waals surface area (Å²) in [6.07, 6.45) is 1.84. The van der Waals surface area contributed by atoms with E-state index in [0.717, 1.165) is 21.9 Å². The third-order valence-corrected chi connectivity index (χ3v) is 9.83. The number of aromatic nitrogens is 1. The summed E-state index contributed by atoms with van der Waals surface area (Å²) in [7, 11) is 1.55. The van der Waals surface area contributed by atoms with Gasteiger partial charge in [-0.1, -0.05) is 81.3 Å². The monoisotopic (exact) mass is 746 g/mol. The highest BCUT2D eigenvalue weighted by Crippen LogP contribution is 2.41. The molecule has 1 aliphatic rings. The molecule has 0 unspecified atom stereocenters. The van der Waals surface area contributed by atoms with Gasteiger partial charge in [-0.3, -0.25) is 9.36 Å². The molecule has 0 radical (unpaired) electrons. The molecule has 0 saturated heterocycles. The molecule has 1 atom stereocenters. The van der Waals surface area contributed by atoms with Crippen LogP contribution >= 0.6 is 38.9 Å². The third kappa shape index (κ3) is 6.52. The zero-order valence-corrected chi connectivity index (χ0v) is 29.9. The Morgan fingerprint density at radius 2 is 1.77 bits per heavy atom. The predicted octanol–water partition coefficient (Wildman–Crippen LogP) is 7.35. The van der Waals surface area contributed by atoms with Crippen LogP contribution in [0.25, 0.3) is 16.8 Å². The summed E-state index contributed by atoms with van der Waals surface area (Å²) >= 11 is 11.0. The Hall–Kier alpha value is -4.38. The number of carbonyl (C=O) groups excluding carboxylic acids is 1. The molecule has 0 bridgehead atoms. The third-order valence-electron chi connectivity index (χ3n) is 7.91. The van der Waals surface area contributed by atoms with Crippen molar-refractivity contribution in [3.05, 3.63) is 130 Å². The first kappa shape index (κ1) is 33.5. The lowest BCUT2D eigenvalue weighted by Gasteiger charge is -2.26. The highest BCUT2D eigenvalue weighted by Gasteiger charge is 2.35. The smallest absolute Gasteiger partial charge is 0.338 e. The second-order valence-corrected chi connectivity index (χ2v) is 13.2. The van der Waals surface area contributed by atoms with Gasteiger partial charge >= 0.3 is 5.97 Å². The standard InChI is InChI=1S/C37H32BrClN2O6S/c1-5-45-31-19-28(38)27(17-30(31)44-4)34-33(36(43)46-6-2)21(3)40-37-41(34)35(42)32(48-37)18-26-25-10-8-7-9-23(25)13-16-29(26)47-20-22-11-14-24(39)15-12-22/h7-19,34H,5-6,20H2,1-4H3/b32-18+/t34-/m0/s1. The highest BCUT2D eigenvalue weighted by molar-refractivity contribution is 9.10. The van der Waals surface area contributed by atoms with E-state index in [1.165, 1.54) is 11.3 Å². The molecule has 48 heavy (non-hydrogen) atoms. The van der Waals surface area contributed by atoms with Gasteiger partial charge in [-0.15, -0.1) is 0 Å². The van der Waals surface area contributed by atoms with Crippen LogP contribution in [0.3, 0.4) is 0 Å². The molecule has 0 amide bonds. The van der Waals surface area contributed by atoms with Gasteiger partial charge in [0, 0.05) is 15.1 Å². The van der Waals surface area contributed by atoms with Crippen LogP contribution in [0.4, 0.5) is 0 Å². The maximum atomic E-state index is 14.5. The van der Waals surface area contributed by atoms with Gasteiger partial charge in [0.2, 0.25) is 0 Å². The van der Waals surface area contributed by atoms with Crippen LogP contribution < -0.4 is 29.1 Å². The maximum Gasteiger partial charge on any atom is 0.338 e. The average molecular weight is 748 g/mol. The molecule has 0 saturated carbocycles. The number of benzene rings is 4. The van der Waals surface area contributed by atoms with Crippen LogP contribution in [0, 0.1) is 0 Å². The fourth-order valence-corrected chi connectivity index (χ4v) is 7.39. The Balaban J connectivity index is 1.55. The van der Waals surface area contributed by atoms with E-state index in [1.54, 1.807) is 37.7 Å². The zero-order chi connectivity index (χ0) is 33.9. The largest absolute Gasteiger partial charge is 0.493 e. The second-order valence-electron chi connectivity index (χ2n) is 10.9. The number of ether oxygens (including phenoxy) is 4. The summed E-state index contributed by atoms with van der Waals surface area (Å²) in [5, 5.41) is 2.57. The van der Waals surface area contributed by atoms with Gasteiger partial charge in [-0.05, 0) is 79.1 Å². The molecule has 8 nitrogen and oxygen atoms in total. The summed E-state index contributed by atoms with van der Waals surface area (Å²) in [5.74, 6) is 1.06. The highest BCUT2D eigenvalue weighted by atomic mass is 79.9. The van der Waals surface area contributed by atoms with E-state index in [9.17, 15) is 9.59 Å². The molecular weight excluding hydrogens is 716 g/mol. The van der Waals surface area contributed by atoms with Gasteiger partial charge in [0.25, 0.3) is 5.56 Å². The fourth-order valence-electron chi connectivity index (χ4n) is 5.70. The number of methoxy groups -OCH3 is 1. The van der Waals surface area contributed by atoms with Crippen molar-refractivity contribution in [3.63, 3.8) is 0 Å². The lowest BCUT2D eigenvalue weighted by atomic mass is 9.95. The number of fused-ring (bicyclic) bond motifs is 2. The maximum absolute atomic E-state index is 14.5. The Kier molecular flexibility index (Phi) is 10.1. The first-order chi connectivity index (χ1) is 23.2. The number of hydrogen-bond acceptors (Lipinski definition) is 8.